The number of thiophene rings is 1. The Morgan fingerprint density at radius 3 is 2.29 bits per heavy atom. The topological polar surface area (TPSA) is 15.8 Å². The molecule has 3 aromatic rings. The Morgan fingerprint density at radius 1 is 0.857 bits per heavy atom. The lowest BCUT2D eigenvalue weighted by molar-refractivity contribution is 1.48. The number of aromatic nitrogens is 1. The van der Waals surface area contributed by atoms with Gasteiger partial charge < -0.3 is 4.98 Å². The molecule has 0 fully saturated rings. The first-order valence-corrected chi connectivity index (χ1v) is 5.40. The minimum atomic E-state index is 1.21. The first-order valence-electron chi connectivity index (χ1n) is 4.46. The quantitative estimate of drug-likeness (QED) is 0.567. The maximum atomic E-state index is 3.12. The highest BCUT2D eigenvalue weighted by atomic mass is 32.1. The van der Waals surface area contributed by atoms with Crippen LogP contribution in [0, 0.1) is 0 Å². The van der Waals surface area contributed by atoms with E-state index in [9.17, 15) is 0 Å². The molecule has 1 N–H and O–H groups in total. The third-order valence-electron chi connectivity index (χ3n) is 1.89. The van der Waals surface area contributed by atoms with Gasteiger partial charge in [-0.1, -0.05) is 30.3 Å². The average Bonchev–Trinajstić information content (AvgIpc) is 2.92. The smallest absolute Gasteiger partial charge is 0.0453 e. The summed E-state index contributed by atoms with van der Waals surface area (Å²) in [5, 5.41) is 5.36. The van der Waals surface area contributed by atoms with Crippen LogP contribution in [0.25, 0.3) is 10.9 Å². The average molecular weight is 201 g/mol. The molecule has 0 aliphatic rings. The molecule has 0 saturated heterocycles. The van der Waals surface area contributed by atoms with Crippen LogP contribution in [0.15, 0.2) is 59.4 Å². The van der Waals surface area contributed by atoms with Gasteiger partial charge >= 0.3 is 0 Å². The van der Waals surface area contributed by atoms with Gasteiger partial charge in [-0.15, -0.1) is 0 Å². The summed E-state index contributed by atoms with van der Waals surface area (Å²) in [4.78, 5) is 3.12. The molecule has 1 nitrogen and oxygen atoms in total. The van der Waals surface area contributed by atoms with Crippen LogP contribution in [0.3, 0.4) is 0 Å². The molecule has 14 heavy (non-hydrogen) atoms. The summed E-state index contributed by atoms with van der Waals surface area (Å²) >= 11 is 1.71. The van der Waals surface area contributed by atoms with E-state index in [0.717, 1.165) is 0 Å². The molecule has 0 aliphatic carbocycles. The minimum absolute atomic E-state index is 1.21. The fraction of sp³-hybridized carbons (Fsp3) is 0. The van der Waals surface area contributed by atoms with Crippen LogP contribution in [-0.2, 0) is 0 Å². The lowest BCUT2D eigenvalue weighted by Gasteiger charge is -1.83. The molecule has 0 radical (unpaired) electrons. The zero-order chi connectivity index (χ0) is 9.64. The highest BCUT2D eigenvalue weighted by molar-refractivity contribution is 7.07. The molecule has 0 bridgehead atoms. The molecular formula is C12H11NS. The molecule has 3 rings (SSSR count). The van der Waals surface area contributed by atoms with E-state index in [1.54, 1.807) is 11.3 Å². The van der Waals surface area contributed by atoms with Crippen LogP contribution in [0.4, 0.5) is 0 Å². The Bertz CT molecular complexity index is 420. The van der Waals surface area contributed by atoms with Crippen molar-refractivity contribution in [3.63, 3.8) is 0 Å². The second-order valence-corrected chi connectivity index (χ2v) is 3.67. The van der Waals surface area contributed by atoms with Crippen molar-refractivity contribution in [2.24, 2.45) is 0 Å². The molecule has 0 spiro atoms. The molecule has 0 atom stereocenters. The number of aromatic amines is 1. The third kappa shape index (κ3) is 2.24. The zero-order valence-corrected chi connectivity index (χ0v) is 8.50. The maximum absolute atomic E-state index is 3.12. The van der Waals surface area contributed by atoms with Gasteiger partial charge in [0.25, 0.3) is 0 Å². The molecule has 0 saturated carbocycles. The normalized spacial score (nSPS) is 9.43. The zero-order valence-electron chi connectivity index (χ0n) is 7.68. The maximum Gasteiger partial charge on any atom is 0.0453 e. The van der Waals surface area contributed by atoms with Crippen molar-refractivity contribution in [1.82, 2.24) is 4.98 Å². The van der Waals surface area contributed by atoms with E-state index in [0.29, 0.717) is 0 Å². The SMILES string of the molecule is c1ccc2[nH]ccc2c1.c1ccsc1. The lowest BCUT2D eigenvalue weighted by atomic mass is 10.3. The summed E-state index contributed by atoms with van der Waals surface area (Å²) in [6.45, 7) is 0. The fourth-order valence-electron chi connectivity index (χ4n) is 1.22. The van der Waals surface area contributed by atoms with E-state index >= 15 is 0 Å². The Morgan fingerprint density at radius 2 is 1.64 bits per heavy atom. The third-order valence-corrected chi connectivity index (χ3v) is 2.52. The number of hydrogen-bond donors (Lipinski definition) is 1. The molecule has 0 unspecified atom stereocenters. The van der Waals surface area contributed by atoms with Crippen molar-refractivity contribution < 1.29 is 0 Å². The molecule has 2 heteroatoms. The summed E-state index contributed by atoms with van der Waals surface area (Å²) in [7, 11) is 0. The molecule has 70 valence electrons. The van der Waals surface area contributed by atoms with Crippen molar-refractivity contribution in [1.29, 1.82) is 0 Å². The number of para-hydroxylation sites is 1. The Balaban J connectivity index is 0.000000128. The van der Waals surface area contributed by atoms with E-state index in [-0.39, 0.29) is 0 Å². The van der Waals surface area contributed by atoms with Gasteiger partial charge in [-0.05, 0) is 28.3 Å². The molecular weight excluding hydrogens is 190 g/mol. The van der Waals surface area contributed by atoms with Gasteiger partial charge in [0.2, 0.25) is 0 Å². The summed E-state index contributed by atoms with van der Waals surface area (Å²) in [5.41, 5.74) is 1.21. The monoisotopic (exact) mass is 201 g/mol. The van der Waals surface area contributed by atoms with Crippen LogP contribution >= 0.6 is 11.3 Å². The minimum Gasteiger partial charge on any atom is -0.361 e. The highest BCUT2D eigenvalue weighted by Crippen LogP contribution is 2.09. The van der Waals surface area contributed by atoms with E-state index < -0.39 is 0 Å². The van der Waals surface area contributed by atoms with Gasteiger partial charge in [-0.25, -0.2) is 0 Å². The first kappa shape index (κ1) is 9.03. The van der Waals surface area contributed by atoms with Gasteiger partial charge in [-0.3, -0.25) is 0 Å². The van der Waals surface area contributed by atoms with Crippen molar-refractivity contribution in [3.8, 4) is 0 Å². The van der Waals surface area contributed by atoms with Crippen LogP contribution in [0.1, 0.15) is 0 Å². The van der Waals surface area contributed by atoms with Crippen LogP contribution < -0.4 is 0 Å². The lowest BCUT2D eigenvalue weighted by Crippen LogP contribution is -1.61. The Hall–Kier alpha value is -1.54. The van der Waals surface area contributed by atoms with Crippen LogP contribution in [0.5, 0.6) is 0 Å². The van der Waals surface area contributed by atoms with E-state index in [1.807, 2.05) is 41.2 Å². The van der Waals surface area contributed by atoms with Gasteiger partial charge in [0.05, 0.1) is 0 Å². The summed E-state index contributed by atoms with van der Waals surface area (Å²) in [6.07, 6.45) is 1.95. The van der Waals surface area contributed by atoms with Crippen molar-refractivity contribution >= 4 is 22.2 Å². The predicted octanol–water partition coefficient (Wildman–Crippen LogP) is 3.92. The first-order chi connectivity index (χ1) is 6.97. The number of benzene rings is 1. The van der Waals surface area contributed by atoms with E-state index in [2.05, 4.69) is 23.2 Å². The largest absolute Gasteiger partial charge is 0.361 e. The highest BCUT2D eigenvalue weighted by Gasteiger charge is 1.86. The molecule has 1 aromatic carbocycles. The van der Waals surface area contributed by atoms with Crippen LogP contribution in [-0.4, -0.2) is 4.98 Å². The Kier molecular flexibility index (Phi) is 2.99. The number of nitrogens with one attached hydrogen (secondary N) is 1. The second kappa shape index (κ2) is 4.63. The van der Waals surface area contributed by atoms with Crippen molar-refractivity contribution in [2.75, 3.05) is 0 Å². The van der Waals surface area contributed by atoms with Gasteiger partial charge in [-0.2, -0.15) is 11.3 Å². The Labute approximate surface area is 87.0 Å². The standard InChI is InChI=1S/C8H7N.C4H4S/c1-2-4-8-7(3-1)5-6-9-8;1-2-4-5-3-1/h1-6,9H;1-4H. The van der Waals surface area contributed by atoms with Crippen LogP contribution in [0.2, 0.25) is 0 Å². The number of hydrogen-bond acceptors (Lipinski definition) is 1. The number of H-pyrrole nitrogens is 1. The number of fused-ring (bicyclic) bond motifs is 1. The summed E-state index contributed by atoms with van der Waals surface area (Å²) in [6, 6.07) is 14.3. The van der Waals surface area contributed by atoms with E-state index in [1.165, 1.54) is 10.9 Å². The fourth-order valence-corrected chi connectivity index (χ4v) is 1.68. The molecule has 0 aliphatic heterocycles. The molecule has 2 heterocycles. The van der Waals surface area contributed by atoms with Gasteiger partial charge in [0.15, 0.2) is 0 Å². The second-order valence-electron chi connectivity index (χ2n) is 2.86. The predicted molar refractivity (Wildman–Crippen MR) is 62.6 cm³/mol. The van der Waals surface area contributed by atoms with Crippen molar-refractivity contribution in [2.45, 2.75) is 0 Å². The van der Waals surface area contributed by atoms with Gasteiger partial charge in [0.1, 0.15) is 0 Å². The molecule has 2 aromatic heterocycles. The summed E-state index contributed by atoms with van der Waals surface area (Å²) < 4.78 is 0. The van der Waals surface area contributed by atoms with Crippen molar-refractivity contribution in [3.05, 3.63) is 59.4 Å². The summed E-state index contributed by atoms with van der Waals surface area (Å²) in [5.74, 6) is 0. The van der Waals surface area contributed by atoms with E-state index in [4.69, 9.17) is 0 Å². The van der Waals surface area contributed by atoms with Gasteiger partial charge in [0, 0.05) is 11.7 Å². The molecule has 0 amide bonds. The number of rotatable bonds is 0.